The van der Waals surface area contributed by atoms with Gasteiger partial charge in [-0.25, -0.2) is 0 Å². The van der Waals surface area contributed by atoms with Gasteiger partial charge in [-0.15, -0.1) is 0 Å². The zero-order chi connectivity index (χ0) is 8.20. The van der Waals surface area contributed by atoms with Gasteiger partial charge in [0.1, 0.15) is 0 Å². The molecule has 0 aromatic carbocycles. The Morgan fingerprint density at radius 1 is 1.60 bits per heavy atom. The molecule has 10 heavy (non-hydrogen) atoms. The van der Waals surface area contributed by atoms with Crippen LogP contribution in [0.15, 0.2) is 24.8 Å². The molecular formula is C9H17N. The van der Waals surface area contributed by atoms with Crippen molar-refractivity contribution in [3.63, 3.8) is 0 Å². The number of allylic oxidation sites excluding steroid dienone is 1. The van der Waals surface area contributed by atoms with E-state index in [1.54, 1.807) is 0 Å². The van der Waals surface area contributed by atoms with E-state index < -0.39 is 0 Å². The standard InChI is InChI=1S/C9H17N/c1-6-8(2)9(3,4)7-10-5/h6,10H,1-2,7H2,3-5H3. The van der Waals surface area contributed by atoms with Crippen molar-refractivity contribution in [2.75, 3.05) is 13.6 Å². The average Bonchev–Trinajstić information content (AvgIpc) is 1.86. The van der Waals surface area contributed by atoms with Gasteiger partial charge >= 0.3 is 0 Å². The van der Waals surface area contributed by atoms with Gasteiger partial charge in [-0.1, -0.05) is 33.1 Å². The van der Waals surface area contributed by atoms with Crippen molar-refractivity contribution in [3.8, 4) is 0 Å². The SMILES string of the molecule is C=CC(=C)C(C)(C)CNC. The van der Waals surface area contributed by atoms with Crippen LogP contribution < -0.4 is 5.32 Å². The van der Waals surface area contributed by atoms with Gasteiger partial charge in [-0.2, -0.15) is 0 Å². The second-order valence-corrected chi connectivity index (χ2v) is 3.14. The predicted octanol–water partition coefficient (Wildman–Crippen LogP) is 1.97. The summed E-state index contributed by atoms with van der Waals surface area (Å²) in [6.45, 7) is 12.8. The van der Waals surface area contributed by atoms with Crippen molar-refractivity contribution in [3.05, 3.63) is 24.8 Å². The zero-order valence-corrected chi connectivity index (χ0v) is 7.20. The van der Waals surface area contributed by atoms with E-state index in [0.717, 1.165) is 12.1 Å². The molecule has 0 spiro atoms. The molecule has 0 heterocycles. The highest BCUT2D eigenvalue weighted by molar-refractivity contribution is 5.19. The molecule has 1 nitrogen and oxygen atoms in total. The maximum absolute atomic E-state index is 3.91. The molecule has 0 aromatic rings. The lowest BCUT2D eigenvalue weighted by atomic mass is 9.85. The van der Waals surface area contributed by atoms with Crippen molar-refractivity contribution in [1.82, 2.24) is 5.32 Å². The van der Waals surface area contributed by atoms with Gasteiger partial charge in [0.15, 0.2) is 0 Å². The third-order valence-corrected chi connectivity index (χ3v) is 1.73. The summed E-state index contributed by atoms with van der Waals surface area (Å²) in [5.74, 6) is 0. The largest absolute Gasteiger partial charge is 0.319 e. The van der Waals surface area contributed by atoms with Crippen LogP contribution in [0, 0.1) is 5.41 Å². The highest BCUT2D eigenvalue weighted by Gasteiger charge is 2.17. The van der Waals surface area contributed by atoms with Crippen LogP contribution in [0.5, 0.6) is 0 Å². The number of rotatable bonds is 4. The quantitative estimate of drug-likeness (QED) is 0.587. The van der Waals surface area contributed by atoms with Crippen molar-refractivity contribution in [1.29, 1.82) is 0 Å². The Labute approximate surface area is 63.8 Å². The fraction of sp³-hybridized carbons (Fsp3) is 0.556. The molecule has 0 aromatic heterocycles. The lowest BCUT2D eigenvalue weighted by Crippen LogP contribution is -2.27. The van der Waals surface area contributed by atoms with Crippen molar-refractivity contribution < 1.29 is 0 Å². The molecule has 0 unspecified atom stereocenters. The van der Waals surface area contributed by atoms with Crippen LogP contribution in [0.3, 0.4) is 0 Å². The van der Waals surface area contributed by atoms with E-state index in [9.17, 15) is 0 Å². The minimum atomic E-state index is 0.135. The molecule has 0 amide bonds. The van der Waals surface area contributed by atoms with Crippen LogP contribution >= 0.6 is 0 Å². The van der Waals surface area contributed by atoms with Crippen LogP contribution in [0.25, 0.3) is 0 Å². The minimum absolute atomic E-state index is 0.135. The van der Waals surface area contributed by atoms with E-state index in [4.69, 9.17) is 0 Å². The molecule has 0 aliphatic carbocycles. The monoisotopic (exact) mass is 139 g/mol. The zero-order valence-electron chi connectivity index (χ0n) is 7.20. The lowest BCUT2D eigenvalue weighted by molar-refractivity contribution is 0.435. The summed E-state index contributed by atoms with van der Waals surface area (Å²) in [6, 6.07) is 0. The van der Waals surface area contributed by atoms with Gasteiger partial charge in [0, 0.05) is 12.0 Å². The normalized spacial score (nSPS) is 11.1. The minimum Gasteiger partial charge on any atom is -0.319 e. The Bertz CT molecular complexity index is 134. The topological polar surface area (TPSA) is 12.0 Å². The molecule has 1 N–H and O–H groups in total. The number of hydrogen-bond donors (Lipinski definition) is 1. The Hall–Kier alpha value is -0.560. The van der Waals surface area contributed by atoms with Crippen molar-refractivity contribution in [2.45, 2.75) is 13.8 Å². The summed E-state index contributed by atoms with van der Waals surface area (Å²) in [4.78, 5) is 0. The molecule has 0 aliphatic rings. The maximum Gasteiger partial charge on any atom is 0.00399 e. The van der Waals surface area contributed by atoms with E-state index in [1.165, 1.54) is 0 Å². The summed E-state index contributed by atoms with van der Waals surface area (Å²) in [5, 5.41) is 3.11. The van der Waals surface area contributed by atoms with Crippen LogP contribution in [-0.4, -0.2) is 13.6 Å². The molecule has 0 rings (SSSR count). The van der Waals surface area contributed by atoms with E-state index in [0.29, 0.717) is 0 Å². The Balaban J connectivity index is 4.08. The highest BCUT2D eigenvalue weighted by atomic mass is 14.8. The Morgan fingerprint density at radius 3 is 2.40 bits per heavy atom. The summed E-state index contributed by atoms with van der Waals surface area (Å²) in [5.41, 5.74) is 1.22. The molecule has 0 aliphatic heterocycles. The van der Waals surface area contributed by atoms with Gasteiger partial charge in [0.05, 0.1) is 0 Å². The first-order valence-corrected chi connectivity index (χ1v) is 3.51. The van der Waals surface area contributed by atoms with E-state index in [-0.39, 0.29) is 5.41 Å². The molecule has 0 fully saturated rings. The summed E-state index contributed by atoms with van der Waals surface area (Å²) in [7, 11) is 1.94. The molecule has 0 radical (unpaired) electrons. The average molecular weight is 139 g/mol. The first-order chi connectivity index (χ1) is 4.54. The van der Waals surface area contributed by atoms with Gasteiger partial charge in [-0.3, -0.25) is 0 Å². The van der Waals surface area contributed by atoms with E-state index >= 15 is 0 Å². The Kier molecular flexibility index (Phi) is 3.37. The molecule has 1 heteroatoms. The van der Waals surface area contributed by atoms with E-state index in [1.807, 2.05) is 13.1 Å². The molecule has 0 saturated heterocycles. The van der Waals surface area contributed by atoms with Crippen LogP contribution in [-0.2, 0) is 0 Å². The molecular weight excluding hydrogens is 122 g/mol. The van der Waals surface area contributed by atoms with Gasteiger partial charge in [0.25, 0.3) is 0 Å². The molecule has 0 saturated carbocycles. The summed E-state index contributed by atoms with van der Waals surface area (Å²) in [6.07, 6.45) is 1.82. The first-order valence-electron chi connectivity index (χ1n) is 3.51. The first kappa shape index (κ1) is 9.44. The molecule has 58 valence electrons. The summed E-state index contributed by atoms with van der Waals surface area (Å²) < 4.78 is 0. The van der Waals surface area contributed by atoms with Gasteiger partial charge < -0.3 is 5.32 Å². The third kappa shape index (κ3) is 2.36. The molecule has 0 bridgehead atoms. The Morgan fingerprint density at radius 2 is 2.10 bits per heavy atom. The fourth-order valence-corrected chi connectivity index (χ4v) is 0.832. The lowest BCUT2D eigenvalue weighted by Gasteiger charge is -2.24. The van der Waals surface area contributed by atoms with Crippen LogP contribution in [0.2, 0.25) is 0 Å². The van der Waals surface area contributed by atoms with Crippen LogP contribution in [0.1, 0.15) is 13.8 Å². The molecule has 0 atom stereocenters. The maximum atomic E-state index is 3.91. The fourth-order valence-electron chi connectivity index (χ4n) is 0.832. The summed E-state index contributed by atoms with van der Waals surface area (Å²) >= 11 is 0. The second kappa shape index (κ2) is 3.57. The number of nitrogens with one attached hydrogen (secondary N) is 1. The highest BCUT2D eigenvalue weighted by Crippen LogP contribution is 2.23. The second-order valence-electron chi connectivity index (χ2n) is 3.14. The van der Waals surface area contributed by atoms with Crippen LogP contribution in [0.4, 0.5) is 0 Å². The van der Waals surface area contributed by atoms with Gasteiger partial charge in [0.2, 0.25) is 0 Å². The van der Waals surface area contributed by atoms with E-state index in [2.05, 4.69) is 32.3 Å². The van der Waals surface area contributed by atoms with Crippen molar-refractivity contribution in [2.24, 2.45) is 5.41 Å². The predicted molar refractivity (Wildman–Crippen MR) is 47.0 cm³/mol. The number of hydrogen-bond acceptors (Lipinski definition) is 1. The third-order valence-electron chi connectivity index (χ3n) is 1.73. The van der Waals surface area contributed by atoms with Gasteiger partial charge in [-0.05, 0) is 12.6 Å². The van der Waals surface area contributed by atoms with Crippen molar-refractivity contribution >= 4 is 0 Å². The smallest absolute Gasteiger partial charge is 0.00399 e.